The fraction of sp³-hybridized carbons (Fsp3) is 0.750. The third kappa shape index (κ3) is 7.60. The zero-order valence-electron chi connectivity index (χ0n) is 10.6. The Morgan fingerprint density at radius 3 is 2.39 bits per heavy atom. The van der Waals surface area contributed by atoms with Crippen molar-refractivity contribution in [1.82, 2.24) is 10.4 Å². The van der Waals surface area contributed by atoms with Crippen molar-refractivity contribution in [3.63, 3.8) is 0 Å². The smallest absolute Gasteiger partial charge is 0.854 e. The van der Waals surface area contributed by atoms with Crippen molar-refractivity contribution < 1.29 is 58.9 Å². The molecule has 100 valence electrons. The molecule has 0 aromatic heterocycles. The van der Waals surface area contributed by atoms with Crippen LogP contribution < -0.4 is 40.0 Å². The number of carbonyl (C=O) groups is 2. The molecule has 0 aliphatic heterocycles. The molecular weight excluding hydrogens is 274 g/mol. The van der Waals surface area contributed by atoms with Gasteiger partial charge >= 0.3 is 29.6 Å². The van der Waals surface area contributed by atoms with Gasteiger partial charge in [0.15, 0.2) is 0 Å². The average molecular weight is 290 g/mol. The van der Waals surface area contributed by atoms with Gasteiger partial charge in [-0.1, -0.05) is 0 Å². The van der Waals surface area contributed by atoms with Gasteiger partial charge in [0.25, 0.3) is 7.37 Å². The predicted molar refractivity (Wildman–Crippen MR) is 56.3 cm³/mol. The summed E-state index contributed by atoms with van der Waals surface area (Å²) >= 11 is 0. The minimum absolute atomic E-state index is 0. The third-order valence-electron chi connectivity index (χ3n) is 1.95. The molecule has 1 amide bonds. The Bertz CT molecular complexity index is 334. The average Bonchev–Trinajstić information content (AvgIpc) is 2.23. The van der Waals surface area contributed by atoms with Gasteiger partial charge in [-0.05, 0) is 6.92 Å². The van der Waals surface area contributed by atoms with Crippen LogP contribution in [0.3, 0.4) is 0 Å². The summed E-state index contributed by atoms with van der Waals surface area (Å²) in [6.07, 6.45) is -1.28. The van der Waals surface area contributed by atoms with E-state index >= 15 is 0 Å². The number of hydrogen-bond donors (Lipinski definition) is 3. The first-order valence-corrected chi connectivity index (χ1v) is 6.97. The van der Waals surface area contributed by atoms with E-state index in [-0.39, 0.29) is 41.0 Å². The molecule has 0 aromatic carbocycles. The van der Waals surface area contributed by atoms with Crippen LogP contribution in [0.1, 0.15) is 13.3 Å². The van der Waals surface area contributed by atoms with Gasteiger partial charge in [0.2, 0.25) is 11.4 Å². The summed E-state index contributed by atoms with van der Waals surface area (Å²) < 4.78 is 10.9. The molecule has 0 rings (SSSR count). The maximum absolute atomic E-state index is 11.1. The Hall–Kier alpha value is 0.210. The maximum Gasteiger partial charge on any atom is 1.00 e. The van der Waals surface area contributed by atoms with Crippen LogP contribution in [0.4, 0.5) is 0 Å². The molecule has 0 aliphatic carbocycles. The number of hydrogen-bond acceptors (Lipinski definition) is 6. The molecule has 8 nitrogen and oxygen atoms in total. The Kier molecular flexibility index (Phi) is 10.5. The van der Waals surface area contributed by atoms with Crippen LogP contribution in [-0.2, 0) is 14.2 Å². The van der Waals surface area contributed by atoms with Gasteiger partial charge in [0, 0.05) is 13.1 Å². The molecule has 0 aliphatic rings. The van der Waals surface area contributed by atoms with Crippen LogP contribution in [0.5, 0.6) is 0 Å². The van der Waals surface area contributed by atoms with E-state index in [4.69, 9.17) is 4.89 Å². The Labute approximate surface area is 127 Å². The van der Waals surface area contributed by atoms with E-state index in [0.29, 0.717) is 0 Å². The molecule has 18 heavy (non-hydrogen) atoms. The van der Waals surface area contributed by atoms with Gasteiger partial charge in [-0.3, -0.25) is 24.7 Å². The molecule has 0 spiro atoms. The van der Waals surface area contributed by atoms with E-state index in [1.165, 1.54) is 6.92 Å². The van der Waals surface area contributed by atoms with Crippen molar-refractivity contribution >= 4 is 18.8 Å². The van der Waals surface area contributed by atoms with Crippen LogP contribution >= 0.6 is 7.37 Å². The van der Waals surface area contributed by atoms with E-state index in [9.17, 15) is 24.5 Å². The zero-order valence-corrected chi connectivity index (χ0v) is 13.5. The fourth-order valence-corrected chi connectivity index (χ4v) is 1.27. The molecule has 0 heterocycles. The largest absolute Gasteiger partial charge is 1.00 e. The number of amides is 1. The van der Waals surface area contributed by atoms with Gasteiger partial charge in [-0.25, -0.2) is 5.06 Å². The summed E-state index contributed by atoms with van der Waals surface area (Å²) in [5, 5.41) is 22.1. The van der Waals surface area contributed by atoms with Crippen LogP contribution in [0.25, 0.3) is 0 Å². The Morgan fingerprint density at radius 1 is 1.50 bits per heavy atom. The summed E-state index contributed by atoms with van der Waals surface area (Å²) in [5.74, 6) is -0.781. The van der Waals surface area contributed by atoms with E-state index in [2.05, 4.69) is 5.32 Å². The molecule has 0 saturated carbocycles. The summed E-state index contributed by atoms with van der Waals surface area (Å²) in [5.41, 5.74) is -0.908. The number of hydroxylamine groups is 2. The minimum Gasteiger partial charge on any atom is -0.854 e. The molecule has 2 atom stereocenters. The minimum atomic E-state index is -3.82. The number of nitrogens with zero attached hydrogens (tertiary/aromatic N) is 1. The summed E-state index contributed by atoms with van der Waals surface area (Å²) in [6, 6.07) is 0. The monoisotopic (exact) mass is 290 g/mol. The van der Waals surface area contributed by atoms with Crippen LogP contribution in [0.15, 0.2) is 0 Å². The molecular formula is C8H16N2NaO6P. The number of nitrogens with one attached hydrogen (secondary N) is 1. The molecule has 0 aromatic rings. The molecule has 3 N–H and O–H groups in total. The van der Waals surface area contributed by atoms with E-state index < -0.39 is 38.1 Å². The van der Waals surface area contributed by atoms with Crippen molar-refractivity contribution in [3.8, 4) is 0 Å². The standard InChI is InChI=1S/C8H16N2O6P.Na/c1-6(10(14)7(12)3-4-11)9-5-8(13)17(2,15)16;/h6,9,14H,3-5H2,1-2H3,(H,15,16);/q-1;+1. The molecule has 0 fully saturated rings. The van der Waals surface area contributed by atoms with Gasteiger partial charge in [-0.2, -0.15) is 0 Å². The number of carbonyl (C=O) groups excluding carboxylic acids is 2. The van der Waals surface area contributed by atoms with Crippen LogP contribution in [-0.4, -0.2) is 52.6 Å². The van der Waals surface area contributed by atoms with Crippen molar-refractivity contribution in [2.45, 2.75) is 19.5 Å². The first-order chi connectivity index (χ1) is 7.70. The van der Waals surface area contributed by atoms with Crippen molar-refractivity contribution in [2.75, 3.05) is 19.8 Å². The van der Waals surface area contributed by atoms with E-state index in [1.54, 1.807) is 0 Å². The number of rotatable bonds is 7. The molecule has 0 bridgehead atoms. The van der Waals surface area contributed by atoms with E-state index in [1.807, 2.05) is 0 Å². The van der Waals surface area contributed by atoms with Crippen molar-refractivity contribution in [3.05, 3.63) is 0 Å². The molecule has 10 heteroatoms. The zero-order chi connectivity index (χ0) is 13.6. The van der Waals surface area contributed by atoms with Gasteiger partial charge < -0.3 is 10.00 Å². The summed E-state index contributed by atoms with van der Waals surface area (Å²) in [4.78, 5) is 31.1. The predicted octanol–water partition coefficient (Wildman–Crippen LogP) is -4.68. The van der Waals surface area contributed by atoms with Gasteiger partial charge in [0.1, 0.15) is 6.17 Å². The normalized spacial score (nSPS) is 15.2. The SMILES string of the molecule is CC(NCC(=O)P(C)(=O)O)N(O)C(=O)CC[O-].[Na+]. The summed E-state index contributed by atoms with van der Waals surface area (Å²) in [6.45, 7) is 1.17. The second kappa shape index (κ2) is 9.17. The molecule has 0 saturated heterocycles. The topological polar surface area (TPSA) is 130 Å². The first kappa shape index (κ1) is 20.5. The van der Waals surface area contributed by atoms with Crippen molar-refractivity contribution in [1.29, 1.82) is 0 Å². The van der Waals surface area contributed by atoms with Crippen molar-refractivity contribution in [2.24, 2.45) is 0 Å². The first-order valence-electron chi connectivity index (χ1n) is 4.86. The van der Waals surface area contributed by atoms with Crippen LogP contribution in [0.2, 0.25) is 0 Å². The van der Waals surface area contributed by atoms with Gasteiger partial charge in [0.05, 0.1) is 6.54 Å². The molecule has 2 unspecified atom stereocenters. The molecule has 0 radical (unpaired) electrons. The van der Waals surface area contributed by atoms with E-state index in [0.717, 1.165) is 6.66 Å². The second-order valence-corrected chi connectivity index (χ2v) is 5.78. The van der Waals surface area contributed by atoms with Gasteiger partial charge in [-0.15, -0.1) is 6.61 Å². The quantitative estimate of drug-likeness (QED) is 0.141. The Balaban J connectivity index is 0. The Morgan fingerprint density at radius 2 is 2.00 bits per heavy atom. The maximum atomic E-state index is 11.1. The summed E-state index contributed by atoms with van der Waals surface area (Å²) in [7, 11) is -3.82. The van der Waals surface area contributed by atoms with Crippen LogP contribution in [0, 0.1) is 0 Å². The fourth-order valence-electron chi connectivity index (χ4n) is 0.886. The second-order valence-electron chi connectivity index (χ2n) is 3.52. The third-order valence-corrected chi connectivity index (χ3v) is 3.03.